The average molecular weight is 518 g/mol. The van der Waals surface area contributed by atoms with Gasteiger partial charge in [-0.3, -0.25) is 0 Å². The maximum Gasteiger partial charge on any atom is 0.191 e. The van der Waals surface area contributed by atoms with E-state index in [-0.39, 0.29) is 10.5 Å². The van der Waals surface area contributed by atoms with Crippen LogP contribution in [0.1, 0.15) is 70.9 Å². The summed E-state index contributed by atoms with van der Waals surface area (Å²) in [6.45, 7) is 18.7. The van der Waals surface area contributed by atoms with Crippen LogP contribution in [0, 0.1) is 5.92 Å². The Morgan fingerprint density at radius 3 is 2.54 bits per heavy atom. The summed E-state index contributed by atoms with van der Waals surface area (Å²) in [7, 11) is -1.79. The lowest BCUT2D eigenvalue weighted by Gasteiger charge is -2.48. The van der Waals surface area contributed by atoms with E-state index in [1.54, 1.807) is 5.56 Å². The molecular weight excluding hydrogens is 468 g/mol. The smallest absolute Gasteiger partial charge is 0.191 e. The molecule has 4 heteroatoms. The molecule has 2 bridgehead atoms. The fraction of sp³-hybridized carbons (Fsp3) is 0.576. The first kappa shape index (κ1) is 26.7. The van der Waals surface area contributed by atoms with E-state index in [1.165, 1.54) is 60.1 Å². The van der Waals surface area contributed by atoms with Gasteiger partial charge in [0.25, 0.3) is 0 Å². The molecule has 2 aromatic rings. The minimum absolute atomic E-state index is 0.116. The number of nitrogens with zero attached hydrogens (tertiary/aromatic N) is 1. The van der Waals surface area contributed by atoms with E-state index < -0.39 is 8.32 Å². The van der Waals surface area contributed by atoms with E-state index in [4.69, 9.17) is 4.43 Å². The van der Waals surface area contributed by atoms with E-state index >= 15 is 0 Å². The Morgan fingerprint density at radius 1 is 1.08 bits per heavy atom. The summed E-state index contributed by atoms with van der Waals surface area (Å²) in [4.78, 5) is 0. The van der Waals surface area contributed by atoms with Crippen molar-refractivity contribution in [1.29, 1.82) is 0 Å². The quantitative estimate of drug-likeness (QED) is 0.253. The van der Waals surface area contributed by atoms with E-state index in [0.29, 0.717) is 12.0 Å². The van der Waals surface area contributed by atoms with Crippen molar-refractivity contribution in [3.05, 3.63) is 77.5 Å². The summed E-state index contributed by atoms with van der Waals surface area (Å²) in [5.74, 6) is 0.606. The molecule has 4 atom stereocenters. The van der Waals surface area contributed by atoms with Gasteiger partial charge < -0.3 is 14.2 Å². The number of nitrogens with one attached hydrogen (secondary N) is 1. The van der Waals surface area contributed by atoms with Crippen LogP contribution < -0.4 is 5.32 Å². The highest BCUT2D eigenvalue weighted by molar-refractivity contribution is 6.74. The highest BCUT2D eigenvalue weighted by Gasteiger charge is 2.65. The third-order valence-corrected chi connectivity index (χ3v) is 14.8. The summed E-state index contributed by atoms with van der Waals surface area (Å²) < 4.78 is 8.10. The van der Waals surface area contributed by atoms with Crippen molar-refractivity contribution in [3.8, 4) is 0 Å². The van der Waals surface area contributed by atoms with Crippen LogP contribution in [0.5, 0.6) is 0 Å². The van der Waals surface area contributed by atoms with Crippen LogP contribution in [0.2, 0.25) is 18.1 Å². The second-order valence-electron chi connectivity index (χ2n) is 13.6. The van der Waals surface area contributed by atoms with Crippen LogP contribution in [0.3, 0.4) is 0 Å². The van der Waals surface area contributed by atoms with Crippen molar-refractivity contribution in [2.75, 3.05) is 25.0 Å². The monoisotopic (exact) mass is 517 g/mol. The molecule has 1 N–H and O–H groups in total. The molecule has 3 aliphatic rings. The van der Waals surface area contributed by atoms with Crippen LogP contribution >= 0.6 is 0 Å². The molecule has 2 aromatic carbocycles. The highest BCUT2D eigenvalue weighted by atomic mass is 28.4. The molecule has 0 saturated carbocycles. The van der Waals surface area contributed by atoms with Crippen molar-refractivity contribution >= 4 is 14.0 Å². The minimum atomic E-state index is -1.79. The molecule has 37 heavy (non-hydrogen) atoms. The Hall–Kier alpha value is -1.88. The fourth-order valence-electron chi connectivity index (χ4n) is 7.17. The van der Waals surface area contributed by atoms with Crippen molar-refractivity contribution in [2.24, 2.45) is 5.92 Å². The van der Waals surface area contributed by atoms with Crippen molar-refractivity contribution in [2.45, 2.75) is 95.9 Å². The first-order chi connectivity index (χ1) is 17.6. The zero-order chi connectivity index (χ0) is 26.3. The number of unbranched alkanes of at least 4 members (excludes halogenated alkanes) is 1. The first-order valence-corrected chi connectivity index (χ1v) is 17.6. The van der Waals surface area contributed by atoms with Gasteiger partial charge in [0, 0.05) is 36.4 Å². The molecule has 3 nitrogen and oxygen atoms in total. The normalized spacial score (nSPS) is 27.3. The second-order valence-corrected chi connectivity index (χ2v) is 18.4. The summed E-state index contributed by atoms with van der Waals surface area (Å²) in [6.07, 6.45) is 8.86. The van der Waals surface area contributed by atoms with E-state index in [2.05, 4.69) is 107 Å². The number of anilines is 1. The van der Waals surface area contributed by atoms with Crippen molar-refractivity contribution in [1.82, 2.24) is 0 Å². The van der Waals surface area contributed by atoms with Gasteiger partial charge in [0.2, 0.25) is 0 Å². The lowest BCUT2D eigenvalue weighted by molar-refractivity contribution is -0.950. The van der Waals surface area contributed by atoms with Crippen molar-refractivity contribution < 1.29 is 8.91 Å². The molecule has 3 aliphatic heterocycles. The Balaban J connectivity index is 1.51. The Kier molecular flexibility index (Phi) is 7.23. The Labute approximate surface area is 227 Å². The SMILES string of the molecule is CCCCC(CO[Si](C)(C)C(C)(C)C)CC1C23CC[N+]1(Cc1ccccc1)CC=C2Nc1ccccc13. The Bertz CT molecular complexity index is 1120. The van der Waals surface area contributed by atoms with Gasteiger partial charge in [0.05, 0.1) is 18.5 Å². The number of rotatable bonds is 10. The summed E-state index contributed by atoms with van der Waals surface area (Å²) in [5.41, 5.74) is 5.95. The lowest BCUT2D eigenvalue weighted by atomic mass is 9.69. The summed E-state index contributed by atoms with van der Waals surface area (Å²) in [5, 5.41) is 4.13. The van der Waals surface area contributed by atoms with Gasteiger partial charge >= 0.3 is 0 Å². The molecule has 200 valence electrons. The van der Waals surface area contributed by atoms with Gasteiger partial charge in [-0.2, -0.15) is 0 Å². The minimum Gasteiger partial charge on any atom is -0.417 e. The molecule has 0 radical (unpaired) electrons. The van der Waals surface area contributed by atoms with Crippen molar-refractivity contribution in [3.63, 3.8) is 0 Å². The average Bonchev–Trinajstić information content (AvgIpc) is 3.30. The summed E-state index contributed by atoms with van der Waals surface area (Å²) >= 11 is 0. The van der Waals surface area contributed by atoms with E-state index in [1.807, 2.05) is 0 Å². The predicted molar refractivity (Wildman–Crippen MR) is 159 cm³/mol. The largest absolute Gasteiger partial charge is 0.417 e. The maximum atomic E-state index is 6.92. The number of fused-ring (bicyclic) bond motifs is 2. The fourth-order valence-corrected chi connectivity index (χ4v) is 8.26. The van der Waals surface area contributed by atoms with Crippen LogP contribution in [0.25, 0.3) is 0 Å². The molecule has 4 unspecified atom stereocenters. The third-order valence-electron chi connectivity index (χ3n) is 10.3. The predicted octanol–water partition coefficient (Wildman–Crippen LogP) is 8.26. The van der Waals surface area contributed by atoms with Gasteiger partial charge in [-0.15, -0.1) is 0 Å². The van der Waals surface area contributed by atoms with Crippen LogP contribution in [0.15, 0.2) is 66.4 Å². The molecule has 0 amide bonds. The van der Waals surface area contributed by atoms with Crippen LogP contribution in [-0.4, -0.2) is 38.5 Å². The van der Waals surface area contributed by atoms with Gasteiger partial charge in [-0.25, -0.2) is 0 Å². The van der Waals surface area contributed by atoms with E-state index in [9.17, 15) is 0 Å². The maximum absolute atomic E-state index is 6.92. The number of para-hydroxylation sites is 1. The zero-order valence-electron chi connectivity index (χ0n) is 24.1. The standard InChI is InChI=1S/C33H49N2OSi/c1-7-8-14-27(25-36-37(5,6)32(2,3)4)23-31-33-20-22-35(31,24-26-15-10-9-11-16-26)21-19-30(33)34-29-18-13-12-17-28(29)33/h9-13,15-19,27,31,34H,7-8,14,20-25H2,1-6H3/q+1. The second kappa shape index (κ2) is 10.0. The van der Waals surface area contributed by atoms with Crippen LogP contribution in [-0.2, 0) is 16.4 Å². The molecule has 1 spiro atoms. The molecular formula is C33H49N2OSi+. The van der Waals surface area contributed by atoms with Gasteiger partial charge in [0.15, 0.2) is 8.32 Å². The first-order valence-electron chi connectivity index (χ1n) is 14.7. The molecule has 1 fully saturated rings. The summed E-state index contributed by atoms with van der Waals surface area (Å²) in [6, 6.07) is 21.0. The van der Waals surface area contributed by atoms with Gasteiger partial charge in [-0.1, -0.05) is 89.1 Å². The molecule has 3 heterocycles. The molecule has 1 saturated heterocycles. The van der Waals surface area contributed by atoms with Gasteiger partial charge in [0.1, 0.15) is 12.6 Å². The molecule has 0 aromatic heterocycles. The number of hydrogen-bond donors (Lipinski definition) is 1. The topological polar surface area (TPSA) is 21.3 Å². The Morgan fingerprint density at radius 2 is 1.81 bits per heavy atom. The number of benzene rings is 2. The zero-order valence-corrected chi connectivity index (χ0v) is 25.1. The van der Waals surface area contributed by atoms with Crippen LogP contribution in [0.4, 0.5) is 5.69 Å². The van der Waals surface area contributed by atoms with Gasteiger partial charge in [-0.05, 0) is 48.2 Å². The number of quaternary nitrogens is 1. The number of hydrogen-bond acceptors (Lipinski definition) is 2. The molecule has 0 aliphatic carbocycles. The lowest BCUT2D eigenvalue weighted by Crippen LogP contribution is -2.59. The van der Waals surface area contributed by atoms with E-state index in [0.717, 1.165) is 19.7 Å². The highest BCUT2D eigenvalue weighted by Crippen LogP contribution is 2.59. The third kappa shape index (κ3) is 4.75. The molecule has 5 rings (SSSR count).